The van der Waals surface area contributed by atoms with E-state index in [1.165, 1.54) is 5.01 Å². The lowest BCUT2D eigenvalue weighted by molar-refractivity contribution is 0.0998. The molecule has 1 amide bonds. The molecule has 2 aromatic heterocycles. The smallest absolute Gasteiger partial charge is 0.252 e. The van der Waals surface area contributed by atoms with Gasteiger partial charge in [-0.3, -0.25) is 9.48 Å². The molecule has 1 aliphatic rings. The molecule has 0 bridgehead atoms. The van der Waals surface area contributed by atoms with Crippen LogP contribution in [0.3, 0.4) is 0 Å². The second-order valence-corrected chi connectivity index (χ2v) is 8.33. The maximum absolute atomic E-state index is 11.5. The van der Waals surface area contributed by atoms with Crippen LogP contribution in [0.1, 0.15) is 53.9 Å². The van der Waals surface area contributed by atoms with Gasteiger partial charge in [-0.15, -0.1) is 11.3 Å². The topological polar surface area (TPSA) is 85.8 Å². The molecule has 0 saturated heterocycles. The van der Waals surface area contributed by atoms with Crippen LogP contribution in [0.2, 0.25) is 0 Å². The highest BCUT2D eigenvalue weighted by Gasteiger charge is 2.24. The van der Waals surface area contributed by atoms with Gasteiger partial charge in [-0.25, -0.2) is 4.98 Å². The summed E-state index contributed by atoms with van der Waals surface area (Å²) in [5.74, 6) is 0.107. The third-order valence-corrected chi connectivity index (χ3v) is 5.69. The van der Waals surface area contributed by atoms with E-state index in [0.29, 0.717) is 11.5 Å². The third kappa shape index (κ3) is 3.67. The Morgan fingerprint density at radius 2 is 2.29 bits per heavy atom. The minimum atomic E-state index is -0.387. The van der Waals surface area contributed by atoms with Gasteiger partial charge >= 0.3 is 0 Å². The summed E-state index contributed by atoms with van der Waals surface area (Å²) >= 11 is 1.73. The molecule has 0 aromatic carbocycles. The number of carbonyl (C=O) groups is 1. The molecule has 1 unspecified atom stereocenters. The summed E-state index contributed by atoms with van der Waals surface area (Å²) in [4.78, 5) is 16.2. The standard InChI is InChI=1S/C17H25N5OS/c1-17(2,3)16-21-12(10-24-16)8-19-7-11-4-5-22-14(6-11)13(9-20-22)15(18)23/h9-11,19H,4-8H2,1-3H3,(H2,18,23). The normalized spacial score (nSPS) is 17.7. The van der Waals surface area contributed by atoms with Crippen LogP contribution in [0.15, 0.2) is 11.6 Å². The lowest BCUT2D eigenvalue weighted by atomic mass is 9.94. The Kier molecular flexibility index (Phi) is 4.73. The number of nitrogens with two attached hydrogens (primary N) is 1. The van der Waals surface area contributed by atoms with Gasteiger partial charge < -0.3 is 11.1 Å². The fourth-order valence-corrected chi connectivity index (χ4v) is 3.92. The highest BCUT2D eigenvalue weighted by Crippen LogP contribution is 2.26. The predicted octanol–water partition coefficient (Wildman–Crippen LogP) is 2.09. The van der Waals surface area contributed by atoms with Crippen LogP contribution in [-0.2, 0) is 24.9 Å². The van der Waals surface area contributed by atoms with Gasteiger partial charge in [0.15, 0.2) is 0 Å². The molecule has 3 N–H and O–H groups in total. The molecule has 6 nitrogen and oxygen atoms in total. The first-order chi connectivity index (χ1) is 11.3. The van der Waals surface area contributed by atoms with E-state index in [-0.39, 0.29) is 11.3 Å². The second kappa shape index (κ2) is 6.64. The Morgan fingerprint density at radius 3 is 2.96 bits per heavy atom. The van der Waals surface area contributed by atoms with Crippen molar-refractivity contribution in [3.05, 3.63) is 33.5 Å². The van der Waals surface area contributed by atoms with E-state index in [4.69, 9.17) is 10.7 Å². The summed E-state index contributed by atoms with van der Waals surface area (Å²) < 4.78 is 1.91. The van der Waals surface area contributed by atoms with Crippen LogP contribution in [0.25, 0.3) is 0 Å². The Balaban J connectivity index is 1.54. The van der Waals surface area contributed by atoms with Gasteiger partial charge in [-0.05, 0) is 25.3 Å². The van der Waals surface area contributed by atoms with Gasteiger partial charge in [0.1, 0.15) is 0 Å². The summed E-state index contributed by atoms with van der Waals surface area (Å²) in [7, 11) is 0. The first-order valence-electron chi connectivity index (χ1n) is 8.34. The van der Waals surface area contributed by atoms with Crippen LogP contribution < -0.4 is 11.1 Å². The molecule has 0 fully saturated rings. The van der Waals surface area contributed by atoms with Crippen molar-refractivity contribution in [1.29, 1.82) is 0 Å². The first-order valence-corrected chi connectivity index (χ1v) is 9.22. The number of hydrogen-bond donors (Lipinski definition) is 2. The van der Waals surface area contributed by atoms with Gasteiger partial charge in [0.2, 0.25) is 0 Å². The van der Waals surface area contributed by atoms with Crippen molar-refractivity contribution in [2.75, 3.05) is 6.54 Å². The SMILES string of the molecule is CC(C)(C)c1nc(CNCC2CCn3ncc(C(N)=O)c3C2)cs1. The lowest BCUT2D eigenvalue weighted by Gasteiger charge is -2.24. The van der Waals surface area contributed by atoms with Gasteiger partial charge in [-0.2, -0.15) is 5.10 Å². The summed E-state index contributed by atoms with van der Waals surface area (Å²) in [6, 6.07) is 0. The summed E-state index contributed by atoms with van der Waals surface area (Å²) in [6.07, 6.45) is 3.50. The largest absolute Gasteiger partial charge is 0.365 e. The van der Waals surface area contributed by atoms with Gasteiger partial charge in [0.25, 0.3) is 5.91 Å². The molecule has 24 heavy (non-hydrogen) atoms. The van der Waals surface area contributed by atoms with Crippen LogP contribution in [0, 0.1) is 5.92 Å². The van der Waals surface area contributed by atoms with E-state index in [9.17, 15) is 4.79 Å². The van der Waals surface area contributed by atoms with Crippen molar-refractivity contribution < 1.29 is 4.79 Å². The molecule has 3 rings (SSSR count). The Labute approximate surface area is 146 Å². The van der Waals surface area contributed by atoms with Crippen molar-refractivity contribution in [1.82, 2.24) is 20.1 Å². The van der Waals surface area contributed by atoms with E-state index in [1.54, 1.807) is 17.5 Å². The molecule has 0 saturated carbocycles. The van der Waals surface area contributed by atoms with Crippen molar-refractivity contribution in [3.8, 4) is 0 Å². The van der Waals surface area contributed by atoms with E-state index >= 15 is 0 Å². The number of rotatable bonds is 5. The summed E-state index contributed by atoms with van der Waals surface area (Å²) in [6.45, 7) is 9.09. The average Bonchev–Trinajstić information content (AvgIpc) is 3.12. The van der Waals surface area contributed by atoms with Crippen LogP contribution in [0.5, 0.6) is 0 Å². The molecule has 2 aromatic rings. The Morgan fingerprint density at radius 1 is 1.50 bits per heavy atom. The van der Waals surface area contributed by atoms with Crippen LogP contribution in [-0.4, -0.2) is 27.2 Å². The summed E-state index contributed by atoms with van der Waals surface area (Å²) in [5, 5.41) is 11.1. The summed E-state index contributed by atoms with van der Waals surface area (Å²) in [5.41, 5.74) is 8.17. The molecule has 1 atom stereocenters. The molecular formula is C17H25N5OS. The zero-order valence-electron chi connectivity index (χ0n) is 14.5. The van der Waals surface area contributed by atoms with Crippen molar-refractivity contribution in [2.24, 2.45) is 11.7 Å². The molecular weight excluding hydrogens is 322 g/mol. The van der Waals surface area contributed by atoms with Crippen molar-refractivity contribution >= 4 is 17.2 Å². The molecule has 7 heteroatoms. The van der Waals surface area contributed by atoms with Gasteiger partial charge in [-0.1, -0.05) is 20.8 Å². The predicted molar refractivity (Wildman–Crippen MR) is 95.1 cm³/mol. The van der Waals surface area contributed by atoms with Crippen molar-refractivity contribution in [3.63, 3.8) is 0 Å². The number of nitrogens with one attached hydrogen (secondary N) is 1. The molecule has 1 aliphatic heterocycles. The number of aromatic nitrogens is 3. The minimum Gasteiger partial charge on any atom is -0.365 e. The average molecular weight is 347 g/mol. The number of primary amides is 1. The van der Waals surface area contributed by atoms with Crippen LogP contribution in [0.4, 0.5) is 0 Å². The molecule has 3 heterocycles. The van der Waals surface area contributed by atoms with E-state index in [0.717, 1.165) is 43.9 Å². The number of nitrogens with zero attached hydrogens (tertiary/aromatic N) is 3. The molecule has 0 radical (unpaired) electrons. The molecule has 130 valence electrons. The number of amides is 1. The number of carbonyl (C=O) groups excluding carboxylic acids is 1. The van der Waals surface area contributed by atoms with Gasteiger partial charge in [0.05, 0.1) is 28.2 Å². The fourth-order valence-electron chi connectivity index (χ4n) is 3.02. The van der Waals surface area contributed by atoms with E-state index in [1.807, 2.05) is 4.68 Å². The number of thiazole rings is 1. The van der Waals surface area contributed by atoms with E-state index in [2.05, 4.69) is 36.6 Å². The number of aryl methyl sites for hydroxylation is 1. The highest BCUT2D eigenvalue weighted by atomic mass is 32.1. The maximum Gasteiger partial charge on any atom is 0.252 e. The Bertz CT molecular complexity index is 728. The van der Waals surface area contributed by atoms with E-state index < -0.39 is 0 Å². The monoisotopic (exact) mass is 347 g/mol. The zero-order valence-corrected chi connectivity index (χ0v) is 15.3. The van der Waals surface area contributed by atoms with Crippen LogP contribution >= 0.6 is 11.3 Å². The number of hydrogen-bond acceptors (Lipinski definition) is 5. The molecule has 0 aliphatic carbocycles. The number of fused-ring (bicyclic) bond motifs is 1. The van der Waals surface area contributed by atoms with Crippen molar-refractivity contribution in [2.45, 2.75) is 52.1 Å². The lowest BCUT2D eigenvalue weighted by Crippen LogP contribution is -2.30. The maximum atomic E-state index is 11.5. The Hall–Kier alpha value is -1.73. The quantitative estimate of drug-likeness (QED) is 0.867. The second-order valence-electron chi connectivity index (χ2n) is 7.48. The highest BCUT2D eigenvalue weighted by molar-refractivity contribution is 7.09. The van der Waals surface area contributed by atoms with Gasteiger partial charge in [0, 0.05) is 23.9 Å². The minimum absolute atomic E-state index is 0.107. The first kappa shape index (κ1) is 17.1. The fraction of sp³-hybridized carbons (Fsp3) is 0.588. The molecule has 0 spiro atoms. The third-order valence-electron chi connectivity index (χ3n) is 4.38. The zero-order chi connectivity index (χ0) is 17.3.